The van der Waals surface area contributed by atoms with Gasteiger partial charge in [-0.15, -0.1) is 0 Å². The smallest absolute Gasteiger partial charge is 0.0708 e. The van der Waals surface area contributed by atoms with E-state index < -0.39 is 0 Å². The Morgan fingerprint density at radius 1 is 0.682 bits per heavy atom. The molecule has 1 nitrogen and oxygen atoms in total. The van der Waals surface area contributed by atoms with Crippen LogP contribution in [0.3, 0.4) is 0 Å². The summed E-state index contributed by atoms with van der Waals surface area (Å²) < 4.78 is 0. The van der Waals surface area contributed by atoms with E-state index >= 15 is 0 Å². The van der Waals surface area contributed by atoms with Crippen LogP contribution in [0.2, 0.25) is 0 Å². The maximum absolute atomic E-state index is 4.61. The average Bonchev–Trinajstić information content (AvgIpc) is 2.63. The Bertz CT molecular complexity index is 907. The molecule has 0 spiro atoms. The number of hydrogen-bond acceptors (Lipinski definition) is 1. The number of nitrogens with zero attached hydrogens (tertiary/aromatic N) is 1. The van der Waals surface area contributed by atoms with Gasteiger partial charge < -0.3 is 0 Å². The summed E-state index contributed by atoms with van der Waals surface area (Å²) in [6.07, 6.45) is 1.94. The van der Waals surface area contributed by atoms with Gasteiger partial charge in [-0.25, -0.2) is 0 Å². The predicted octanol–water partition coefficient (Wildman–Crippen LogP) is 5.74. The molecule has 111 valence electrons. The Morgan fingerprint density at radius 2 is 1.41 bits per heavy atom. The summed E-state index contributed by atoms with van der Waals surface area (Å²) in [5.41, 5.74) is 3.52. The van der Waals surface area contributed by atoms with Crippen molar-refractivity contribution in [2.24, 2.45) is 0 Å². The predicted molar refractivity (Wildman–Crippen MR) is 90.5 cm³/mol. The van der Waals surface area contributed by atoms with Crippen molar-refractivity contribution in [3.05, 3.63) is 79.0 Å². The van der Waals surface area contributed by atoms with Gasteiger partial charge in [0.2, 0.25) is 0 Å². The fourth-order valence-corrected chi connectivity index (χ4v) is 2.67. The molecule has 0 N–H and O–H groups in total. The zero-order valence-corrected chi connectivity index (χ0v) is 14.7. The van der Waals surface area contributed by atoms with Crippen LogP contribution in [-0.2, 0) is 18.8 Å². The Balaban J connectivity index is 0.000000693. The summed E-state index contributed by atoms with van der Waals surface area (Å²) in [5, 5.41) is 3.66. The van der Waals surface area contributed by atoms with Gasteiger partial charge in [0.25, 0.3) is 0 Å². The minimum atomic E-state index is 1.04. The second kappa shape index (κ2) is 7.05. The molecule has 0 saturated carbocycles. The van der Waals surface area contributed by atoms with Crippen LogP contribution in [0.4, 0.5) is 0 Å². The van der Waals surface area contributed by atoms with Crippen molar-refractivity contribution in [3.63, 3.8) is 0 Å². The molecule has 4 aromatic rings. The number of rotatable bonds is 1. The molecular weight excluding hydrogens is 473 g/mol. The zero-order chi connectivity index (χ0) is 15.4. The van der Waals surface area contributed by atoms with E-state index in [9.17, 15) is 0 Å². The molecule has 3 heteroatoms. The van der Waals surface area contributed by atoms with Crippen LogP contribution in [-0.4, -0.2) is 4.98 Å². The van der Waals surface area contributed by atoms with Crippen molar-refractivity contribution in [3.8, 4) is 11.1 Å². The number of aromatic nitrogens is 1. The second-order valence-corrected chi connectivity index (χ2v) is 4.94. The van der Waals surface area contributed by atoms with Crippen molar-refractivity contribution in [2.45, 2.75) is 0 Å². The van der Waals surface area contributed by atoms with Gasteiger partial charge in [0.05, 0.1) is 5.52 Å². The van der Waals surface area contributed by atoms with E-state index in [1.165, 1.54) is 27.3 Å². The number of hydrogen-bond donors (Lipinski definition) is 0. The maximum Gasteiger partial charge on any atom is 0.0708 e. The zero-order valence-electron chi connectivity index (χ0n) is 11.6. The van der Waals surface area contributed by atoms with E-state index in [-0.39, 0.29) is 0 Å². The normalized spacial score (nSPS) is 10.3. The fraction of sp³-hybridized carbons (Fsp3) is 0. The van der Waals surface area contributed by atoms with E-state index in [4.69, 9.17) is 0 Å². The number of fused-ring (bicyclic) bond motifs is 3. The first-order valence-electron chi connectivity index (χ1n) is 6.87. The largest absolute Gasteiger partial charge is 0.256 e. The quantitative estimate of drug-likeness (QED) is 0.313. The summed E-state index contributed by atoms with van der Waals surface area (Å²) in [5.74, 6) is 0. The number of pyridine rings is 1. The first-order valence-corrected chi connectivity index (χ1v) is 9.68. The van der Waals surface area contributed by atoms with E-state index in [1.807, 2.05) is 12.3 Å². The first kappa shape index (κ1) is 15.2. The third-order valence-corrected chi connectivity index (χ3v) is 3.70. The van der Waals surface area contributed by atoms with E-state index in [0.29, 0.717) is 0 Å². The molecule has 0 bridgehead atoms. The van der Waals surface area contributed by atoms with Crippen molar-refractivity contribution in [1.82, 2.24) is 4.98 Å². The Kier molecular flexibility index (Phi) is 4.87. The Morgan fingerprint density at radius 3 is 2.23 bits per heavy atom. The molecule has 0 fully saturated rings. The van der Waals surface area contributed by atoms with Crippen LogP contribution < -0.4 is 0 Å². The molecule has 0 atom stereocenters. The molecule has 3 aromatic carbocycles. The molecule has 22 heavy (non-hydrogen) atoms. The fourth-order valence-electron chi connectivity index (χ4n) is 2.67. The topological polar surface area (TPSA) is 12.9 Å². The van der Waals surface area contributed by atoms with Gasteiger partial charge in [-0.1, -0.05) is 60.7 Å². The summed E-state index contributed by atoms with van der Waals surface area (Å²) in [6, 6.07) is 25.3. The first-order chi connectivity index (χ1) is 10.9. The van der Waals surface area contributed by atoms with Gasteiger partial charge >= 0.3 is 28.2 Å². The van der Waals surface area contributed by atoms with Crippen molar-refractivity contribution in [2.75, 3.05) is 0 Å². The van der Waals surface area contributed by atoms with E-state index in [0.717, 1.165) is 5.52 Å². The maximum atomic E-state index is 4.61. The molecule has 0 aliphatic heterocycles. The van der Waals surface area contributed by atoms with Crippen LogP contribution in [0, 0.1) is 0 Å². The van der Waals surface area contributed by atoms with Gasteiger partial charge in [-0.05, 0) is 28.6 Å². The van der Waals surface area contributed by atoms with E-state index in [2.05, 4.69) is 81.1 Å². The van der Waals surface area contributed by atoms with Crippen LogP contribution in [0.5, 0.6) is 0 Å². The van der Waals surface area contributed by atoms with Crippen molar-refractivity contribution in [1.29, 1.82) is 0 Å². The van der Waals surface area contributed by atoms with Crippen LogP contribution in [0.1, 0.15) is 0 Å². The molecule has 0 aliphatic carbocycles. The monoisotopic (exact) mass is 485 g/mol. The minimum absolute atomic E-state index is 1.04. The van der Waals surface area contributed by atoms with Gasteiger partial charge in [-0.3, -0.25) is 4.98 Å². The minimum Gasteiger partial charge on any atom is -0.256 e. The molecule has 0 amide bonds. The van der Waals surface area contributed by atoms with Crippen molar-refractivity contribution < 1.29 is 18.8 Å². The number of halogens is 1. The molecule has 0 radical (unpaired) electrons. The van der Waals surface area contributed by atoms with Gasteiger partial charge in [0, 0.05) is 17.0 Å². The molecule has 0 saturated heterocycles. The van der Waals surface area contributed by atoms with Crippen LogP contribution in [0.25, 0.3) is 32.8 Å². The molecule has 4 rings (SSSR count). The Hall–Kier alpha value is -1.69. The number of benzene rings is 3. The van der Waals surface area contributed by atoms with Crippen LogP contribution in [0.15, 0.2) is 79.0 Å². The molecule has 0 aliphatic rings. The van der Waals surface area contributed by atoms with Gasteiger partial charge in [0.15, 0.2) is 0 Å². The third-order valence-electron chi connectivity index (χ3n) is 3.70. The Labute approximate surface area is 144 Å². The SMILES string of the molecule is [Cl][Pt].c1ccc(-c2ccc3ncc4ccccc4c3c2)cc1. The summed E-state index contributed by atoms with van der Waals surface area (Å²) in [7, 11) is 4.61. The molecule has 0 unspecified atom stereocenters. The summed E-state index contributed by atoms with van der Waals surface area (Å²) >= 11 is 1.61. The van der Waals surface area contributed by atoms with Gasteiger partial charge in [-0.2, -0.15) is 0 Å². The molecule has 1 heterocycles. The summed E-state index contributed by atoms with van der Waals surface area (Å²) in [6.45, 7) is 0. The summed E-state index contributed by atoms with van der Waals surface area (Å²) in [4.78, 5) is 4.54. The second-order valence-electron chi connectivity index (χ2n) is 4.94. The van der Waals surface area contributed by atoms with E-state index in [1.54, 1.807) is 18.8 Å². The average molecular weight is 486 g/mol. The van der Waals surface area contributed by atoms with Gasteiger partial charge in [0.1, 0.15) is 0 Å². The molecule has 1 aromatic heterocycles. The van der Waals surface area contributed by atoms with Crippen LogP contribution >= 0.6 is 9.42 Å². The standard InChI is InChI=1S/C19H13N.ClH.Pt/c1-2-6-14(7-3-1)15-10-11-19-18(12-15)17-9-5-4-8-16(17)13-20-19;;/h1-13H;1H;/q;;+1/p-1. The molecular formula is C19H13ClNPt. The third kappa shape index (κ3) is 2.92. The van der Waals surface area contributed by atoms with Crippen molar-refractivity contribution >= 4 is 31.1 Å².